The van der Waals surface area contributed by atoms with Crippen molar-refractivity contribution < 1.29 is 14.3 Å². The number of aryl methyl sites for hydroxylation is 1. The molecule has 1 aliphatic rings. The lowest BCUT2D eigenvalue weighted by Gasteiger charge is -2.33. The van der Waals surface area contributed by atoms with Crippen molar-refractivity contribution in [3.63, 3.8) is 0 Å². The highest BCUT2D eigenvalue weighted by Crippen LogP contribution is 2.30. The first kappa shape index (κ1) is 17.1. The van der Waals surface area contributed by atoms with Gasteiger partial charge < -0.3 is 19.0 Å². The van der Waals surface area contributed by atoms with E-state index in [0.29, 0.717) is 24.7 Å². The molecule has 1 atom stereocenters. The fraction of sp³-hybridized carbons (Fsp3) is 0.529. The van der Waals surface area contributed by atoms with Crippen molar-refractivity contribution in [2.24, 2.45) is 13.0 Å². The quantitative estimate of drug-likeness (QED) is 0.898. The summed E-state index contributed by atoms with van der Waals surface area (Å²) in [5, 5.41) is 10.5. The Bertz CT molecular complexity index is 689. The number of amides is 1. The van der Waals surface area contributed by atoms with Gasteiger partial charge >= 0.3 is 0 Å². The van der Waals surface area contributed by atoms with Gasteiger partial charge in [0, 0.05) is 32.5 Å². The molecular formula is C17H23N3O3S. The minimum atomic E-state index is -0.584. The fourth-order valence-electron chi connectivity index (χ4n) is 3.16. The second-order valence-electron chi connectivity index (χ2n) is 6.17. The maximum atomic E-state index is 12.5. The van der Waals surface area contributed by atoms with Crippen molar-refractivity contribution in [1.29, 1.82) is 0 Å². The van der Waals surface area contributed by atoms with Crippen LogP contribution in [0.5, 0.6) is 0 Å². The summed E-state index contributed by atoms with van der Waals surface area (Å²) < 4.78 is 7.46. The van der Waals surface area contributed by atoms with Gasteiger partial charge in [-0.05, 0) is 37.1 Å². The van der Waals surface area contributed by atoms with Gasteiger partial charge in [-0.15, -0.1) is 0 Å². The minimum Gasteiger partial charge on any atom is -0.455 e. The van der Waals surface area contributed by atoms with Crippen LogP contribution in [0.4, 0.5) is 0 Å². The predicted octanol–water partition coefficient (Wildman–Crippen LogP) is 2.46. The molecule has 0 aromatic carbocycles. The molecule has 3 heterocycles. The lowest BCUT2D eigenvalue weighted by molar-refractivity contribution is 0.0402. The molecule has 130 valence electrons. The van der Waals surface area contributed by atoms with Crippen molar-refractivity contribution in [3.8, 4) is 0 Å². The van der Waals surface area contributed by atoms with Crippen LogP contribution in [0.2, 0.25) is 0 Å². The molecule has 0 spiro atoms. The molecule has 6 nitrogen and oxygen atoms in total. The molecule has 0 radical (unpaired) electrons. The Hall–Kier alpha value is -1.73. The van der Waals surface area contributed by atoms with Crippen molar-refractivity contribution in [2.75, 3.05) is 19.3 Å². The Balaban J connectivity index is 1.58. The zero-order valence-corrected chi connectivity index (χ0v) is 14.8. The number of nitrogens with zero attached hydrogens (tertiary/aromatic N) is 3. The first-order valence-corrected chi connectivity index (χ1v) is 9.51. The number of aromatic nitrogens is 2. The van der Waals surface area contributed by atoms with Crippen LogP contribution in [-0.4, -0.2) is 44.8 Å². The number of hydrogen-bond acceptors (Lipinski definition) is 5. The summed E-state index contributed by atoms with van der Waals surface area (Å²) in [6.45, 7) is 1.26. The summed E-state index contributed by atoms with van der Waals surface area (Å²) >= 11 is 1.66. The van der Waals surface area contributed by atoms with E-state index in [9.17, 15) is 9.90 Å². The largest absolute Gasteiger partial charge is 0.455 e. The van der Waals surface area contributed by atoms with E-state index in [-0.39, 0.29) is 11.8 Å². The number of imidazole rings is 1. The lowest BCUT2D eigenvalue weighted by atomic mass is 9.90. The molecule has 3 rings (SSSR count). The number of piperidine rings is 1. The molecule has 2 aromatic heterocycles. The summed E-state index contributed by atoms with van der Waals surface area (Å²) in [7, 11) is 1.88. The van der Waals surface area contributed by atoms with Crippen LogP contribution in [0.3, 0.4) is 0 Å². The third-order valence-corrected chi connectivity index (χ3v) is 5.13. The highest BCUT2D eigenvalue weighted by molar-refractivity contribution is 7.97. The van der Waals surface area contributed by atoms with E-state index in [2.05, 4.69) is 4.98 Å². The molecule has 24 heavy (non-hydrogen) atoms. The Kier molecular flexibility index (Phi) is 5.30. The Morgan fingerprint density at radius 2 is 2.21 bits per heavy atom. The number of furan rings is 1. The number of aliphatic hydroxyl groups is 1. The van der Waals surface area contributed by atoms with Crippen LogP contribution in [0, 0.1) is 5.92 Å². The average molecular weight is 349 g/mol. The SMILES string of the molecule is CSCc1ccc(C(=O)N2CCC([C@@H](O)c3nccn3C)CC2)o1. The van der Waals surface area contributed by atoms with Crippen molar-refractivity contribution in [2.45, 2.75) is 24.7 Å². The second-order valence-corrected chi connectivity index (χ2v) is 7.04. The van der Waals surface area contributed by atoms with Crippen LogP contribution in [0.25, 0.3) is 0 Å². The fourth-order valence-corrected chi connectivity index (χ4v) is 3.60. The predicted molar refractivity (Wildman–Crippen MR) is 92.7 cm³/mol. The van der Waals surface area contributed by atoms with Gasteiger partial charge in [0.05, 0.1) is 5.75 Å². The number of hydrogen-bond donors (Lipinski definition) is 1. The van der Waals surface area contributed by atoms with E-state index >= 15 is 0 Å². The number of aliphatic hydroxyl groups excluding tert-OH is 1. The van der Waals surface area contributed by atoms with Crippen molar-refractivity contribution in [3.05, 3.63) is 41.9 Å². The zero-order valence-electron chi connectivity index (χ0n) is 14.0. The summed E-state index contributed by atoms with van der Waals surface area (Å²) in [6, 6.07) is 3.62. The highest BCUT2D eigenvalue weighted by atomic mass is 32.2. The summed E-state index contributed by atoms with van der Waals surface area (Å²) in [6.07, 6.45) is 6.47. The maximum Gasteiger partial charge on any atom is 0.289 e. The maximum absolute atomic E-state index is 12.5. The van der Waals surface area contributed by atoms with Crippen LogP contribution < -0.4 is 0 Å². The topological polar surface area (TPSA) is 71.5 Å². The molecule has 1 saturated heterocycles. The first-order chi connectivity index (χ1) is 11.6. The molecule has 0 saturated carbocycles. The molecule has 7 heteroatoms. The van der Waals surface area contributed by atoms with Gasteiger partial charge in [0.2, 0.25) is 0 Å². The molecular weight excluding hydrogens is 326 g/mol. The van der Waals surface area contributed by atoms with Crippen molar-refractivity contribution in [1.82, 2.24) is 14.5 Å². The Morgan fingerprint density at radius 3 is 2.83 bits per heavy atom. The molecule has 0 bridgehead atoms. The minimum absolute atomic E-state index is 0.0627. The number of rotatable bonds is 5. The van der Waals surface area contributed by atoms with Gasteiger partial charge in [-0.2, -0.15) is 11.8 Å². The molecule has 2 aromatic rings. The standard InChI is InChI=1S/C17H23N3O3S/c1-19-10-7-18-16(19)15(21)12-5-8-20(9-6-12)17(22)14-4-3-13(23-14)11-24-2/h3-4,7,10,12,15,21H,5-6,8-9,11H2,1-2H3/t15-/m1/s1. The number of carbonyl (C=O) groups excluding carboxylic acids is 1. The number of likely N-dealkylation sites (tertiary alicyclic amines) is 1. The first-order valence-electron chi connectivity index (χ1n) is 8.12. The van der Waals surface area contributed by atoms with Gasteiger partial charge in [-0.1, -0.05) is 0 Å². The van der Waals surface area contributed by atoms with Crippen LogP contribution in [0.15, 0.2) is 28.9 Å². The Labute approximate surface area is 145 Å². The summed E-state index contributed by atoms with van der Waals surface area (Å²) in [5.41, 5.74) is 0. The van der Waals surface area contributed by atoms with E-state index in [4.69, 9.17) is 4.42 Å². The van der Waals surface area contributed by atoms with Crippen LogP contribution in [0.1, 0.15) is 41.1 Å². The van der Waals surface area contributed by atoms with Gasteiger partial charge in [-0.3, -0.25) is 4.79 Å². The molecule has 1 aliphatic heterocycles. The zero-order chi connectivity index (χ0) is 17.1. The van der Waals surface area contributed by atoms with Gasteiger partial charge in [0.25, 0.3) is 5.91 Å². The molecule has 0 aliphatic carbocycles. The van der Waals surface area contributed by atoms with Crippen molar-refractivity contribution >= 4 is 17.7 Å². The monoisotopic (exact) mass is 349 g/mol. The third-order valence-electron chi connectivity index (χ3n) is 4.56. The number of carbonyl (C=O) groups is 1. The van der Waals surface area contributed by atoms with Gasteiger partial charge in [0.1, 0.15) is 17.7 Å². The van der Waals surface area contributed by atoms with E-state index < -0.39 is 6.10 Å². The average Bonchev–Trinajstić information content (AvgIpc) is 3.23. The Morgan fingerprint density at radius 1 is 1.46 bits per heavy atom. The molecule has 0 unspecified atom stereocenters. The third kappa shape index (κ3) is 3.52. The van der Waals surface area contributed by atoms with E-state index in [1.807, 2.05) is 35.0 Å². The second kappa shape index (κ2) is 7.44. The molecule has 1 fully saturated rings. The summed E-state index contributed by atoms with van der Waals surface area (Å²) in [4.78, 5) is 18.6. The summed E-state index contributed by atoms with van der Waals surface area (Å²) in [5.74, 6) is 2.75. The smallest absolute Gasteiger partial charge is 0.289 e. The van der Waals surface area contributed by atoms with Crippen LogP contribution in [-0.2, 0) is 12.8 Å². The highest BCUT2D eigenvalue weighted by Gasteiger charge is 2.31. The van der Waals surface area contributed by atoms with Gasteiger partial charge in [-0.25, -0.2) is 4.98 Å². The van der Waals surface area contributed by atoms with Crippen LogP contribution >= 0.6 is 11.8 Å². The molecule has 1 N–H and O–H groups in total. The van der Waals surface area contributed by atoms with E-state index in [0.717, 1.165) is 24.4 Å². The number of thioether (sulfide) groups is 1. The molecule has 1 amide bonds. The van der Waals surface area contributed by atoms with Gasteiger partial charge in [0.15, 0.2) is 5.76 Å². The van der Waals surface area contributed by atoms with E-state index in [1.54, 1.807) is 24.0 Å². The normalized spacial score (nSPS) is 17.2. The lowest BCUT2D eigenvalue weighted by Crippen LogP contribution is -2.39. The van der Waals surface area contributed by atoms with E-state index in [1.165, 1.54) is 0 Å².